The Hall–Kier alpha value is -2.26. The third-order valence-corrected chi connectivity index (χ3v) is 7.20. The van der Waals surface area contributed by atoms with Gasteiger partial charge in [-0.15, -0.1) is 0 Å². The molecule has 0 saturated carbocycles. The lowest BCUT2D eigenvalue weighted by atomic mass is 10.1. The van der Waals surface area contributed by atoms with Crippen molar-refractivity contribution < 1.29 is 13.2 Å². The standard InChI is InChI=1S/C20H27N5O3S/c1-14-4-3-9-25(14)19(26)15-5-6-16-13-21-20(23-18(16)12-15)22-17-7-10-24(11-8-17)29(2,27)28/h5-6,12-14,17H,3-4,7-11H2,1-2H3,(H,21,22,23)/t14-/m0/s1. The number of amides is 1. The molecule has 2 aromatic rings. The van der Waals surface area contributed by atoms with Crippen molar-refractivity contribution in [3.05, 3.63) is 30.0 Å². The molecule has 2 aliphatic heterocycles. The highest BCUT2D eigenvalue weighted by Crippen LogP contribution is 2.22. The Labute approximate surface area is 171 Å². The number of piperidine rings is 1. The predicted octanol–water partition coefficient (Wildman–Crippen LogP) is 2.09. The van der Waals surface area contributed by atoms with Gasteiger partial charge in [0.2, 0.25) is 16.0 Å². The number of hydrogen-bond acceptors (Lipinski definition) is 6. The number of anilines is 1. The monoisotopic (exact) mass is 417 g/mol. The average molecular weight is 418 g/mol. The molecule has 3 heterocycles. The van der Waals surface area contributed by atoms with Crippen LogP contribution >= 0.6 is 0 Å². The van der Waals surface area contributed by atoms with E-state index in [0.29, 0.717) is 37.4 Å². The summed E-state index contributed by atoms with van der Waals surface area (Å²) in [6.07, 6.45) is 6.51. The van der Waals surface area contributed by atoms with E-state index >= 15 is 0 Å². The number of nitrogens with zero attached hydrogens (tertiary/aromatic N) is 4. The van der Waals surface area contributed by atoms with E-state index < -0.39 is 10.0 Å². The SMILES string of the molecule is C[C@H]1CCCN1C(=O)c1ccc2cnc(NC3CCN(S(C)(=O)=O)CC3)nc2c1. The number of aromatic nitrogens is 2. The Bertz CT molecular complexity index is 1020. The second kappa shape index (κ2) is 7.87. The highest BCUT2D eigenvalue weighted by Gasteiger charge is 2.27. The first kappa shape index (κ1) is 20.0. The third kappa shape index (κ3) is 4.35. The summed E-state index contributed by atoms with van der Waals surface area (Å²) in [5.41, 5.74) is 1.38. The number of rotatable bonds is 4. The Kier molecular flexibility index (Phi) is 5.44. The molecule has 2 saturated heterocycles. The van der Waals surface area contributed by atoms with Crippen molar-refractivity contribution in [3.63, 3.8) is 0 Å². The van der Waals surface area contributed by atoms with Crippen molar-refractivity contribution >= 4 is 32.8 Å². The molecule has 1 aromatic heterocycles. The van der Waals surface area contributed by atoms with Gasteiger partial charge in [0, 0.05) is 48.9 Å². The molecule has 0 radical (unpaired) electrons. The van der Waals surface area contributed by atoms with Crippen LogP contribution in [-0.2, 0) is 10.0 Å². The topological polar surface area (TPSA) is 95.5 Å². The lowest BCUT2D eigenvalue weighted by Crippen LogP contribution is -2.42. The Balaban J connectivity index is 1.48. The fraction of sp³-hybridized carbons (Fsp3) is 0.550. The molecule has 0 bridgehead atoms. The van der Waals surface area contributed by atoms with Crippen molar-refractivity contribution in [2.75, 3.05) is 31.2 Å². The second-order valence-corrected chi connectivity index (χ2v) is 10.0. The molecule has 29 heavy (non-hydrogen) atoms. The normalized spacial score (nSPS) is 21.6. The largest absolute Gasteiger partial charge is 0.351 e. The molecule has 9 heteroatoms. The predicted molar refractivity (Wildman–Crippen MR) is 112 cm³/mol. The number of sulfonamides is 1. The lowest BCUT2D eigenvalue weighted by molar-refractivity contribution is 0.0747. The molecule has 1 aromatic carbocycles. The minimum Gasteiger partial charge on any atom is -0.351 e. The zero-order chi connectivity index (χ0) is 20.6. The Morgan fingerprint density at radius 3 is 2.59 bits per heavy atom. The van der Waals surface area contributed by atoms with Gasteiger partial charge in [0.15, 0.2) is 0 Å². The van der Waals surface area contributed by atoms with Crippen LogP contribution in [0.2, 0.25) is 0 Å². The Morgan fingerprint density at radius 2 is 1.93 bits per heavy atom. The van der Waals surface area contributed by atoms with Crippen molar-refractivity contribution in [1.29, 1.82) is 0 Å². The van der Waals surface area contributed by atoms with Crippen LogP contribution in [0.1, 0.15) is 43.0 Å². The number of hydrogen-bond donors (Lipinski definition) is 1. The quantitative estimate of drug-likeness (QED) is 0.818. The Morgan fingerprint density at radius 1 is 1.17 bits per heavy atom. The van der Waals surface area contributed by atoms with Gasteiger partial charge in [0.25, 0.3) is 5.91 Å². The molecule has 4 rings (SSSR count). The molecule has 1 N–H and O–H groups in total. The van der Waals surface area contributed by atoms with Crippen LogP contribution in [0.3, 0.4) is 0 Å². The number of carbonyl (C=O) groups is 1. The molecule has 0 spiro atoms. The fourth-order valence-corrected chi connectivity index (χ4v) is 5.02. The van der Waals surface area contributed by atoms with E-state index in [1.54, 1.807) is 6.20 Å². The van der Waals surface area contributed by atoms with Gasteiger partial charge >= 0.3 is 0 Å². The van der Waals surface area contributed by atoms with Crippen molar-refractivity contribution in [2.45, 2.75) is 44.7 Å². The highest BCUT2D eigenvalue weighted by atomic mass is 32.2. The molecular formula is C20H27N5O3S. The van der Waals surface area contributed by atoms with Gasteiger partial charge in [-0.3, -0.25) is 4.79 Å². The van der Waals surface area contributed by atoms with Crippen LogP contribution in [0, 0.1) is 0 Å². The fourth-order valence-electron chi connectivity index (χ4n) is 4.14. The summed E-state index contributed by atoms with van der Waals surface area (Å²) >= 11 is 0. The molecule has 2 aliphatic rings. The van der Waals surface area contributed by atoms with Gasteiger partial charge in [-0.2, -0.15) is 0 Å². The van der Waals surface area contributed by atoms with E-state index in [2.05, 4.69) is 22.2 Å². The molecule has 1 amide bonds. The van der Waals surface area contributed by atoms with E-state index in [-0.39, 0.29) is 18.0 Å². The van der Waals surface area contributed by atoms with Gasteiger partial charge in [-0.05, 0) is 44.7 Å². The average Bonchev–Trinajstić information content (AvgIpc) is 3.12. The first-order chi connectivity index (χ1) is 13.8. The molecular weight excluding hydrogens is 390 g/mol. The van der Waals surface area contributed by atoms with E-state index in [9.17, 15) is 13.2 Å². The minimum absolute atomic E-state index is 0.0539. The molecule has 156 valence electrons. The summed E-state index contributed by atoms with van der Waals surface area (Å²) in [4.78, 5) is 23.7. The molecule has 8 nitrogen and oxygen atoms in total. The van der Waals surface area contributed by atoms with Crippen LogP contribution < -0.4 is 5.32 Å². The maximum Gasteiger partial charge on any atom is 0.254 e. The van der Waals surface area contributed by atoms with Crippen LogP contribution in [0.5, 0.6) is 0 Å². The summed E-state index contributed by atoms with van der Waals surface area (Å²) in [5.74, 6) is 0.563. The number of likely N-dealkylation sites (tertiary alicyclic amines) is 1. The summed E-state index contributed by atoms with van der Waals surface area (Å²) in [6, 6.07) is 5.96. The van der Waals surface area contributed by atoms with Gasteiger partial charge in [-0.25, -0.2) is 22.7 Å². The minimum atomic E-state index is -3.14. The molecule has 2 fully saturated rings. The van der Waals surface area contributed by atoms with E-state index in [0.717, 1.165) is 30.3 Å². The van der Waals surface area contributed by atoms with Crippen LogP contribution in [0.25, 0.3) is 10.9 Å². The second-order valence-electron chi connectivity index (χ2n) is 8.04. The van der Waals surface area contributed by atoms with Crippen molar-refractivity contribution in [2.24, 2.45) is 0 Å². The van der Waals surface area contributed by atoms with Crippen molar-refractivity contribution in [3.8, 4) is 0 Å². The van der Waals surface area contributed by atoms with E-state index in [1.165, 1.54) is 10.6 Å². The van der Waals surface area contributed by atoms with Gasteiger partial charge in [0.05, 0.1) is 11.8 Å². The van der Waals surface area contributed by atoms with Crippen LogP contribution in [0.4, 0.5) is 5.95 Å². The van der Waals surface area contributed by atoms with Crippen LogP contribution in [0.15, 0.2) is 24.4 Å². The summed E-state index contributed by atoms with van der Waals surface area (Å²) < 4.78 is 24.8. The number of fused-ring (bicyclic) bond motifs is 1. The first-order valence-corrected chi connectivity index (χ1v) is 12.0. The van der Waals surface area contributed by atoms with E-state index in [1.807, 2.05) is 23.1 Å². The maximum absolute atomic E-state index is 12.8. The number of benzene rings is 1. The smallest absolute Gasteiger partial charge is 0.254 e. The summed E-state index contributed by atoms with van der Waals surface area (Å²) in [6.45, 7) is 3.89. The molecule has 0 aliphatic carbocycles. The van der Waals surface area contributed by atoms with E-state index in [4.69, 9.17) is 0 Å². The van der Waals surface area contributed by atoms with Gasteiger partial charge < -0.3 is 10.2 Å². The van der Waals surface area contributed by atoms with Gasteiger partial charge in [-0.1, -0.05) is 6.07 Å². The lowest BCUT2D eigenvalue weighted by Gasteiger charge is -2.30. The van der Waals surface area contributed by atoms with Gasteiger partial charge in [0.1, 0.15) is 0 Å². The highest BCUT2D eigenvalue weighted by molar-refractivity contribution is 7.88. The van der Waals surface area contributed by atoms with Crippen LogP contribution in [-0.4, -0.2) is 71.5 Å². The summed E-state index contributed by atoms with van der Waals surface area (Å²) in [7, 11) is -3.14. The maximum atomic E-state index is 12.8. The summed E-state index contributed by atoms with van der Waals surface area (Å²) in [5, 5.41) is 4.20. The van der Waals surface area contributed by atoms with Crippen molar-refractivity contribution in [1.82, 2.24) is 19.2 Å². The zero-order valence-electron chi connectivity index (χ0n) is 16.8. The molecule has 1 atom stereocenters. The third-order valence-electron chi connectivity index (χ3n) is 5.90. The molecule has 0 unspecified atom stereocenters. The number of carbonyl (C=O) groups excluding carboxylic acids is 1. The first-order valence-electron chi connectivity index (χ1n) is 10.1. The number of nitrogens with one attached hydrogen (secondary N) is 1. The zero-order valence-corrected chi connectivity index (χ0v) is 17.7.